The van der Waals surface area contributed by atoms with Gasteiger partial charge in [-0.2, -0.15) is 0 Å². The van der Waals surface area contributed by atoms with Gasteiger partial charge in [-0.1, -0.05) is 48.9 Å². The van der Waals surface area contributed by atoms with Crippen molar-refractivity contribution in [3.05, 3.63) is 65.7 Å². The molecule has 35 heavy (non-hydrogen) atoms. The van der Waals surface area contributed by atoms with Crippen LogP contribution in [0.5, 0.6) is 5.75 Å². The molecule has 7 heteroatoms. The van der Waals surface area contributed by atoms with Gasteiger partial charge in [-0.3, -0.25) is 4.79 Å². The number of hydrogen-bond donors (Lipinski definition) is 2. The zero-order valence-corrected chi connectivity index (χ0v) is 21.2. The molecule has 2 N–H and O–H groups in total. The highest BCUT2D eigenvalue weighted by molar-refractivity contribution is 5.86. The number of ether oxygens (including phenoxy) is 2. The Hall–Kier alpha value is -3.06. The molecule has 0 aromatic heterocycles. The molecule has 1 fully saturated rings. The summed E-state index contributed by atoms with van der Waals surface area (Å²) in [6.07, 6.45) is 3.45. The van der Waals surface area contributed by atoms with Crippen LogP contribution in [0.3, 0.4) is 0 Å². The van der Waals surface area contributed by atoms with Gasteiger partial charge in [0.2, 0.25) is 5.91 Å². The highest BCUT2D eigenvalue weighted by atomic mass is 16.6. The number of benzene rings is 2. The Labute approximate surface area is 209 Å². The third-order valence-electron chi connectivity index (χ3n) is 5.79. The van der Waals surface area contributed by atoms with Gasteiger partial charge in [0.25, 0.3) is 0 Å². The first kappa shape index (κ1) is 26.5. The van der Waals surface area contributed by atoms with Crippen LogP contribution < -0.4 is 15.4 Å². The van der Waals surface area contributed by atoms with Gasteiger partial charge in [-0.05, 0) is 70.0 Å². The summed E-state index contributed by atoms with van der Waals surface area (Å²) in [4.78, 5) is 27.8. The van der Waals surface area contributed by atoms with Crippen molar-refractivity contribution in [1.82, 2.24) is 15.5 Å². The van der Waals surface area contributed by atoms with Gasteiger partial charge in [0, 0.05) is 19.5 Å². The standard InChI is InChI=1S/C28H39N3O4/c1-28(2,3)35-27(33)30-25(26(32)29-16-19-31-17-8-5-9-18-31)20-22-12-14-24(15-13-22)34-21-23-10-6-4-7-11-23/h4,6-7,10-15,25H,5,8-9,16-21H2,1-3H3,(H,29,32)(H,30,33)/t25-/m0/s1. The fourth-order valence-corrected chi connectivity index (χ4v) is 4.00. The van der Waals surface area contributed by atoms with E-state index in [2.05, 4.69) is 15.5 Å². The minimum absolute atomic E-state index is 0.211. The van der Waals surface area contributed by atoms with Gasteiger partial charge in [0.05, 0.1) is 0 Å². The molecule has 0 bridgehead atoms. The molecule has 1 saturated heterocycles. The Morgan fingerprint density at radius 1 is 0.943 bits per heavy atom. The van der Waals surface area contributed by atoms with Crippen molar-refractivity contribution in [3.63, 3.8) is 0 Å². The van der Waals surface area contributed by atoms with E-state index >= 15 is 0 Å². The molecule has 7 nitrogen and oxygen atoms in total. The number of alkyl carbamates (subject to hydrolysis) is 1. The Morgan fingerprint density at radius 2 is 1.63 bits per heavy atom. The second-order valence-corrected chi connectivity index (χ2v) is 10.0. The van der Waals surface area contributed by atoms with Crippen LogP contribution in [0.15, 0.2) is 54.6 Å². The molecule has 3 rings (SSSR count). The molecular weight excluding hydrogens is 442 g/mol. The molecule has 1 aliphatic rings. The lowest BCUT2D eigenvalue weighted by atomic mass is 10.0. The Morgan fingerprint density at radius 3 is 2.29 bits per heavy atom. The minimum atomic E-state index is -0.734. The lowest BCUT2D eigenvalue weighted by Crippen LogP contribution is -2.50. The fourth-order valence-electron chi connectivity index (χ4n) is 4.00. The summed E-state index contributed by atoms with van der Waals surface area (Å²) in [7, 11) is 0. The molecule has 0 unspecified atom stereocenters. The van der Waals surface area contributed by atoms with Crippen molar-refractivity contribution in [2.75, 3.05) is 26.2 Å². The second kappa shape index (κ2) is 13.1. The number of rotatable bonds is 10. The van der Waals surface area contributed by atoms with E-state index in [-0.39, 0.29) is 5.91 Å². The number of carbonyl (C=O) groups is 2. The summed E-state index contributed by atoms with van der Waals surface area (Å²) < 4.78 is 11.2. The predicted molar refractivity (Wildman–Crippen MR) is 137 cm³/mol. The number of carbonyl (C=O) groups excluding carboxylic acids is 2. The van der Waals surface area contributed by atoms with E-state index in [0.717, 1.165) is 36.5 Å². The number of hydrogen-bond acceptors (Lipinski definition) is 5. The van der Waals surface area contributed by atoms with E-state index in [9.17, 15) is 9.59 Å². The summed E-state index contributed by atoms with van der Waals surface area (Å²) in [6, 6.07) is 16.9. The van der Waals surface area contributed by atoms with E-state index in [1.54, 1.807) is 20.8 Å². The molecule has 1 atom stereocenters. The maximum Gasteiger partial charge on any atom is 0.408 e. The third kappa shape index (κ3) is 9.99. The summed E-state index contributed by atoms with van der Waals surface area (Å²) >= 11 is 0. The fraction of sp³-hybridized carbons (Fsp3) is 0.500. The Kier molecular flexibility index (Phi) is 9.97. The maximum atomic E-state index is 13.0. The third-order valence-corrected chi connectivity index (χ3v) is 5.79. The predicted octanol–water partition coefficient (Wildman–Crippen LogP) is 4.30. The molecule has 0 aliphatic carbocycles. The van der Waals surface area contributed by atoms with Crippen LogP contribution in [0.2, 0.25) is 0 Å². The monoisotopic (exact) mass is 481 g/mol. The summed E-state index contributed by atoms with van der Waals surface area (Å²) in [5.41, 5.74) is 1.38. The molecule has 190 valence electrons. The largest absolute Gasteiger partial charge is 0.489 e. The van der Waals surface area contributed by atoms with Crippen LogP contribution >= 0.6 is 0 Å². The lowest BCUT2D eigenvalue weighted by molar-refractivity contribution is -0.123. The number of piperidine rings is 1. The topological polar surface area (TPSA) is 79.9 Å². The molecule has 0 spiro atoms. The average Bonchev–Trinajstić information content (AvgIpc) is 2.83. The van der Waals surface area contributed by atoms with Crippen LogP contribution in [0.25, 0.3) is 0 Å². The van der Waals surface area contributed by atoms with E-state index in [1.165, 1.54) is 19.3 Å². The first-order valence-electron chi connectivity index (χ1n) is 12.5. The van der Waals surface area contributed by atoms with Crippen molar-refractivity contribution >= 4 is 12.0 Å². The van der Waals surface area contributed by atoms with E-state index in [4.69, 9.17) is 9.47 Å². The second-order valence-electron chi connectivity index (χ2n) is 10.0. The molecule has 0 radical (unpaired) electrons. The van der Waals surface area contributed by atoms with Crippen molar-refractivity contribution in [1.29, 1.82) is 0 Å². The highest BCUT2D eigenvalue weighted by Gasteiger charge is 2.25. The zero-order valence-electron chi connectivity index (χ0n) is 21.2. The van der Waals surface area contributed by atoms with Gasteiger partial charge in [-0.25, -0.2) is 4.79 Å². The summed E-state index contributed by atoms with van der Waals surface area (Å²) in [5.74, 6) is 0.539. The lowest BCUT2D eigenvalue weighted by Gasteiger charge is -2.27. The van der Waals surface area contributed by atoms with Crippen molar-refractivity contribution < 1.29 is 19.1 Å². The first-order chi connectivity index (χ1) is 16.8. The van der Waals surface area contributed by atoms with Gasteiger partial charge in [0.1, 0.15) is 24.0 Å². The molecule has 1 heterocycles. The first-order valence-corrected chi connectivity index (χ1v) is 12.5. The summed E-state index contributed by atoms with van der Waals surface area (Å²) in [5, 5.41) is 5.75. The van der Waals surface area contributed by atoms with Crippen LogP contribution in [-0.2, 0) is 22.6 Å². The van der Waals surface area contributed by atoms with Gasteiger partial charge in [-0.15, -0.1) is 0 Å². The molecule has 2 aromatic rings. The number of nitrogens with zero attached hydrogens (tertiary/aromatic N) is 1. The van der Waals surface area contributed by atoms with Gasteiger partial charge < -0.3 is 25.0 Å². The Bertz CT molecular complexity index is 919. The minimum Gasteiger partial charge on any atom is -0.489 e. The molecular formula is C28H39N3O4. The maximum absolute atomic E-state index is 13.0. The van der Waals surface area contributed by atoms with Crippen molar-refractivity contribution in [2.45, 2.75) is 64.7 Å². The van der Waals surface area contributed by atoms with Gasteiger partial charge >= 0.3 is 6.09 Å². The van der Waals surface area contributed by atoms with Crippen molar-refractivity contribution in [3.8, 4) is 5.75 Å². The number of nitrogens with one attached hydrogen (secondary N) is 2. The summed E-state index contributed by atoms with van der Waals surface area (Å²) in [6.45, 7) is 9.41. The average molecular weight is 482 g/mol. The SMILES string of the molecule is CC(C)(C)OC(=O)N[C@@H](Cc1ccc(OCc2ccccc2)cc1)C(=O)NCCN1CCCCC1. The highest BCUT2D eigenvalue weighted by Crippen LogP contribution is 2.16. The quantitative estimate of drug-likeness (QED) is 0.529. The van der Waals surface area contributed by atoms with Crippen LogP contribution in [0.1, 0.15) is 51.2 Å². The number of amides is 2. The Balaban J connectivity index is 1.56. The van der Waals surface area contributed by atoms with Gasteiger partial charge in [0.15, 0.2) is 0 Å². The molecule has 2 amide bonds. The molecule has 1 aliphatic heterocycles. The van der Waals surface area contributed by atoms with Crippen LogP contribution in [0, 0.1) is 0 Å². The smallest absolute Gasteiger partial charge is 0.408 e. The van der Waals surface area contributed by atoms with Crippen molar-refractivity contribution in [2.24, 2.45) is 0 Å². The molecule has 0 saturated carbocycles. The zero-order chi connectivity index (χ0) is 25.1. The van der Waals surface area contributed by atoms with E-state index in [0.29, 0.717) is 19.6 Å². The van der Waals surface area contributed by atoms with E-state index in [1.807, 2.05) is 54.6 Å². The molecule has 2 aromatic carbocycles. The van der Waals surface area contributed by atoms with E-state index < -0.39 is 17.7 Å². The number of likely N-dealkylation sites (tertiary alicyclic amines) is 1. The normalized spacial score (nSPS) is 15.2. The van der Waals surface area contributed by atoms with Crippen LogP contribution in [0.4, 0.5) is 4.79 Å². The van der Waals surface area contributed by atoms with Crippen LogP contribution in [-0.4, -0.2) is 54.7 Å².